The Morgan fingerprint density at radius 1 is 1.00 bits per heavy atom. The molecule has 27 heavy (non-hydrogen) atoms. The highest BCUT2D eigenvalue weighted by Gasteiger charge is 2.21. The summed E-state index contributed by atoms with van der Waals surface area (Å²) in [4.78, 5) is 12.4. The largest absolute Gasteiger partial charge is 0.469 e. The molecule has 0 spiro atoms. The first kappa shape index (κ1) is 19.2. The van der Waals surface area contributed by atoms with Crippen molar-refractivity contribution >= 4 is 17.6 Å². The standard InChI is InChI=1S/C23H22ClNO2/c1-27-23(26)21(16-25-15-17-8-3-2-4-9-17)19-11-7-10-18(14-19)20-12-5-6-13-22(20)24/h2-14,21,25H,15-16H2,1H3. The molecule has 0 amide bonds. The molecule has 0 aliphatic heterocycles. The summed E-state index contributed by atoms with van der Waals surface area (Å²) in [6.07, 6.45) is 0. The van der Waals surface area contributed by atoms with Gasteiger partial charge >= 0.3 is 5.97 Å². The fraction of sp³-hybridized carbons (Fsp3) is 0.174. The van der Waals surface area contributed by atoms with Gasteiger partial charge in [-0.25, -0.2) is 0 Å². The van der Waals surface area contributed by atoms with Gasteiger partial charge in [0.2, 0.25) is 0 Å². The van der Waals surface area contributed by atoms with E-state index in [2.05, 4.69) is 17.4 Å². The van der Waals surface area contributed by atoms with E-state index in [1.54, 1.807) is 0 Å². The lowest BCUT2D eigenvalue weighted by molar-refractivity contribution is -0.142. The molecule has 4 heteroatoms. The Labute approximate surface area is 164 Å². The van der Waals surface area contributed by atoms with Crippen LogP contribution in [-0.4, -0.2) is 19.6 Å². The fourth-order valence-corrected chi connectivity index (χ4v) is 3.30. The number of ether oxygens (including phenoxy) is 1. The van der Waals surface area contributed by atoms with Gasteiger partial charge in [0.25, 0.3) is 0 Å². The first-order valence-electron chi connectivity index (χ1n) is 8.86. The molecule has 0 aliphatic rings. The van der Waals surface area contributed by atoms with E-state index in [0.717, 1.165) is 16.7 Å². The number of nitrogens with one attached hydrogen (secondary N) is 1. The quantitative estimate of drug-likeness (QED) is 0.583. The molecule has 3 nitrogen and oxygen atoms in total. The summed E-state index contributed by atoms with van der Waals surface area (Å²) in [6, 6.07) is 25.7. The molecule has 0 radical (unpaired) electrons. The Hall–Kier alpha value is -2.62. The Kier molecular flexibility index (Phi) is 6.64. The summed E-state index contributed by atoms with van der Waals surface area (Å²) in [5.74, 6) is -0.645. The maximum absolute atomic E-state index is 12.4. The smallest absolute Gasteiger partial charge is 0.314 e. The normalized spacial score (nSPS) is 11.8. The zero-order valence-corrected chi connectivity index (χ0v) is 15.9. The minimum atomic E-state index is -0.388. The van der Waals surface area contributed by atoms with E-state index >= 15 is 0 Å². The molecule has 0 aliphatic carbocycles. The molecule has 3 rings (SSSR count). The monoisotopic (exact) mass is 379 g/mol. The first-order chi connectivity index (χ1) is 13.2. The lowest BCUT2D eigenvalue weighted by Crippen LogP contribution is -2.27. The van der Waals surface area contributed by atoms with Crippen molar-refractivity contribution in [2.75, 3.05) is 13.7 Å². The number of esters is 1. The molecule has 3 aromatic rings. The summed E-state index contributed by atoms with van der Waals surface area (Å²) >= 11 is 6.33. The number of carbonyl (C=O) groups is 1. The lowest BCUT2D eigenvalue weighted by atomic mass is 9.94. The van der Waals surface area contributed by atoms with E-state index in [4.69, 9.17) is 16.3 Å². The van der Waals surface area contributed by atoms with Crippen LogP contribution in [0.2, 0.25) is 5.02 Å². The summed E-state index contributed by atoms with van der Waals surface area (Å²) in [7, 11) is 1.42. The SMILES string of the molecule is COC(=O)C(CNCc1ccccc1)c1cccc(-c2ccccc2Cl)c1. The Morgan fingerprint density at radius 3 is 2.48 bits per heavy atom. The number of hydrogen-bond acceptors (Lipinski definition) is 3. The molecule has 0 aromatic heterocycles. The zero-order valence-electron chi connectivity index (χ0n) is 15.2. The summed E-state index contributed by atoms with van der Waals surface area (Å²) in [5.41, 5.74) is 4.00. The van der Waals surface area contributed by atoms with Crippen molar-refractivity contribution in [1.29, 1.82) is 0 Å². The van der Waals surface area contributed by atoms with Crippen LogP contribution < -0.4 is 5.32 Å². The van der Waals surface area contributed by atoms with Crippen LogP contribution in [0.3, 0.4) is 0 Å². The number of carbonyl (C=O) groups excluding carboxylic acids is 1. The molecule has 0 bridgehead atoms. The van der Waals surface area contributed by atoms with Crippen LogP contribution >= 0.6 is 11.6 Å². The van der Waals surface area contributed by atoms with Gasteiger partial charge in [0.1, 0.15) is 0 Å². The van der Waals surface area contributed by atoms with Gasteiger partial charge in [-0.2, -0.15) is 0 Å². The lowest BCUT2D eigenvalue weighted by Gasteiger charge is -2.17. The molecule has 0 fully saturated rings. The van der Waals surface area contributed by atoms with Gasteiger partial charge in [-0.05, 0) is 22.8 Å². The van der Waals surface area contributed by atoms with Crippen LogP contribution in [0.25, 0.3) is 11.1 Å². The molecule has 0 saturated heterocycles. The molecule has 0 heterocycles. The van der Waals surface area contributed by atoms with Crippen LogP contribution in [0, 0.1) is 0 Å². The van der Waals surface area contributed by atoms with Gasteiger partial charge in [-0.1, -0.05) is 84.4 Å². The van der Waals surface area contributed by atoms with E-state index < -0.39 is 0 Å². The zero-order chi connectivity index (χ0) is 19.1. The van der Waals surface area contributed by atoms with Crippen molar-refractivity contribution in [2.45, 2.75) is 12.5 Å². The second kappa shape index (κ2) is 9.36. The first-order valence-corrected chi connectivity index (χ1v) is 9.24. The van der Waals surface area contributed by atoms with Gasteiger partial charge in [0.15, 0.2) is 0 Å². The van der Waals surface area contributed by atoms with Gasteiger partial charge in [-0.15, -0.1) is 0 Å². The Bertz CT molecular complexity index is 896. The Morgan fingerprint density at radius 2 is 1.74 bits per heavy atom. The van der Waals surface area contributed by atoms with Crippen molar-refractivity contribution in [3.8, 4) is 11.1 Å². The third-order valence-electron chi connectivity index (χ3n) is 4.48. The van der Waals surface area contributed by atoms with Crippen molar-refractivity contribution in [3.05, 3.63) is 95.0 Å². The summed E-state index contributed by atoms with van der Waals surface area (Å²) < 4.78 is 5.03. The van der Waals surface area contributed by atoms with Gasteiger partial charge < -0.3 is 10.1 Å². The second-order valence-corrected chi connectivity index (χ2v) is 6.70. The average molecular weight is 380 g/mol. The minimum absolute atomic E-state index is 0.258. The molecule has 1 N–H and O–H groups in total. The van der Waals surface area contributed by atoms with E-state index in [0.29, 0.717) is 18.1 Å². The van der Waals surface area contributed by atoms with Crippen LogP contribution in [-0.2, 0) is 16.1 Å². The van der Waals surface area contributed by atoms with Crippen molar-refractivity contribution < 1.29 is 9.53 Å². The van der Waals surface area contributed by atoms with Crippen LogP contribution in [0.4, 0.5) is 0 Å². The molecule has 0 saturated carbocycles. The maximum atomic E-state index is 12.4. The van der Waals surface area contributed by atoms with Gasteiger partial charge in [-0.3, -0.25) is 4.79 Å². The van der Waals surface area contributed by atoms with E-state index in [9.17, 15) is 4.79 Å². The average Bonchev–Trinajstić information content (AvgIpc) is 2.72. The topological polar surface area (TPSA) is 38.3 Å². The van der Waals surface area contributed by atoms with Crippen LogP contribution in [0.15, 0.2) is 78.9 Å². The number of hydrogen-bond donors (Lipinski definition) is 1. The number of methoxy groups -OCH3 is 1. The van der Waals surface area contributed by atoms with Gasteiger partial charge in [0, 0.05) is 23.7 Å². The molecular weight excluding hydrogens is 358 g/mol. The molecule has 1 unspecified atom stereocenters. The Balaban J connectivity index is 1.80. The van der Waals surface area contributed by atoms with E-state index in [1.165, 1.54) is 12.7 Å². The van der Waals surface area contributed by atoms with E-state index in [1.807, 2.05) is 66.7 Å². The highest BCUT2D eigenvalue weighted by Crippen LogP contribution is 2.30. The fourth-order valence-electron chi connectivity index (χ4n) is 3.05. The number of halogens is 1. The third kappa shape index (κ3) is 4.97. The van der Waals surface area contributed by atoms with Crippen LogP contribution in [0.5, 0.6) is 0 Å². The number of benzene rings is 3. The minimum Gasteiger partial charge on any atom is -0.469 e. The van der Waals surface area contributed by atoms with Crippen LogP contribution in [0.1, 0.15) is 17.0 Å². The summed E-state index contributed by atoms with van der Waals surface area (Å²) in [6.45, 7) is 1.19. The third-order valence-corrected chi connectivity index (χ3v) is 4.81. The summed E-state index contributed by atoms with van der Waals surface area (Å²) in [5, 5.41) is 4.05. The predicted molar refractivity (Wildman–Crippen MR) is 110 cm³/mol. The number of rotatable bonds is 7. The molecule has 3 aromatic carbocycles. The predicted octanol–water partition coefficient (Wildman–Crippen LogP) is 5.05. The van der Waals surface area contributed by atoms with Gasteiger partial charge in [0.05, 0.1) is 13.0 Å². The van der Waals surface area contributed by atoms with Crippen molar-refractivity contribution in [3.63, 3.8) is 0 Å². The highest BCUT2D eigenvalue weighted by molar-refractivity contribution is 6.33. The highest BCUT2D eigenvalue weighted by atomic mass is 35.5. The maximum Gasteiger partial charge on any atom is 0.314 e. The molecular formula is C23H22ClNO2. The molecule has 1 atom stereocenters. The second-order valence-electron chi connectivity index (χ2n) is 6.30. The van der Waals surface area contributed by atoms with Crippen molar-refractivity contribution in [2.24, 2.45) is 0 Å². The van der Waals surface area contributed by atoms with Crippen molar-refractivity contribution in [1.82, 2.24) is 5.32 Å². The van der Waals surface area contributed by atoms with E-state index in [-0.39, 0.29) is 11.9 Å². The molecule has 138 valence electrons.